The summed E-state index contributed by atoms with van der Waals surface area (Å²) in [4.78, 5) is 0. The van der Waals surface area contributed by atoms with Crippen LogP contribution in [0.3, 0.4) is 0 Å². The molecule has 2 unspecified atom stereocenters. The Labute approximate surface area is 92.8 Å². The Morgan fingerprint density at radius 1 is 1.33 bits per heavy atom. The first-order valence-electron chi connectivity index (χ1n) is 5.70. The maximum Gasteiger partial charge on any atom is 0.0465 e. The zero-order valence-electron chi connectivity index (χ0n) is 9.96. The largest absolute Gasteiger partial charge is 0.271 e. The lowest BCUT2D eigenvalue weighted by molar-refractivity contribution is 0.407. The quantitative estimate of drug-likeness (QED) is 0.574. The van der Waals surface area contributed by atoms with Gasteiger partial charge in [-0.3, -0.25) is 11.3 Å². The number of hydrogen-bond acceptors (Lipinski definition) is 2. The fourth-order valence-corrected chi connectivity index (χ4v) is 1.83. The summed E-state index contributed by atoms with van der Waals surface area (Å²) < 4.78 is 0. The third-order valence-electron chi connectivity index (χ3n) is 3.10. The number of nitrogens with one attached hydrogen (secondary N) is 1. The van der Waals surface area contributed by atoms with Gasteiger partial charge in [0.05, 0.1) is 0 Å². The lowest BCUT2D eigenvalue weighted by Gasteiger charge is -2.21. The molecule has 2 heteroatoms. The highest BCUT2D eigenvalue weighted by molar-refractivity contribution is 5.28. The standard InChI is InChI=1S/C13H22N2/c1-4-10(2)9-13(15-14)12-8-6-5-7-11(12)3/h5-8,10,13,15H,4,9,14H2,1-3H3. The molecular formula is C13H22N2. The predicted molar refractivity (Wildman–Crippen MR) is 65.3 cm³/mol. The van der Waals surface area contributed by atoms with Gasteiger partial charge in [-0.05, 0) is 30.4 Å². The van der Waals surface area contributed by atoms with E-state index < -0.39 is 0 Å². The first-order valence-corrected chi connectivity index (χ1v) is 5.70. The van der Waals surface area contributed by atoms with Crippen molar-refractivity contribution in [2.45, 2.75) is 39.7 Å². The van der Waals surface area contributed by atoms with Crippen molar-refractivity contribution < 1.29 is 0 Å². The molecule has 0 aromatic heterocycles. The van der Waals surface area contributed by atoms with E-state index in [4.69, 9.17) is 5.84 Å². The average molecular weight is 206 g/mol. The third kappa shape index (κ3) is 3.33. The van der Waals surface area contributed by atoms with E-state index >= 15 is 0 Å². The molecule has 0 aliphatic carbocycles. The molecule has 0 fully saturated rings. The zero-order chi connectivity index (χ0) is 11.3. The van der Waals surface area contributed by atoms with Crippen LogP contribution in [0.5, 0.6) is 0 Å². The first-order chi connectivity index (χ1) is 7.19. The Hall–Kier alpha value is -0.860. The van der Waals surface area contributed by atoms with E-state index in [1.165, 1.54) is 17.5 Å². The molecule has 0 spiro atoms. The van der Waals surface area contributed by atoms with Gasteiger partial charge in [0.25, 0.3) is 0 Å². The summed E-state index contributed by atoms with van der Waals surface area (Å²) in [5, 5.41) is 0. The monoisotopic (exact) mass is 206 g/mol. The van der Waals surface area contributed by atoms with Crippen LogP contribution in [0.2, 0.25) is 0 Å². The molecule has 0 saturated carbocycles. The van der Waals surface area contributed by atoms with Crippen molar-refractivity contribution in [3.63, 3.8) is 0 Å². The van der Waals surface area contributed by atoms with Crippen molar-refractivity contribution in [2.24, 2.45) is 11.8 Å². The van der Waals surface area contributed by atoms with Crippen LogP contribution in [-0.2, 0) is 0 Å². The van der Waals surface area contributed by atoms with Gasteiger partial charge in [0.1, 0.15) is 0 Å². The Kier molecular flexibility index (Phi) is 4.79. The highest BCUT2D eigenvalue weighted by Gasteiger charge is 2.14. The molecule has 0 bridgehead atoms. The smallest absolute Gasteiger partial charge is 0.0465 e. The molecule has 0 aliphatic heterocycles. The minimum Gasteiger partial charge on any atom is -0.271 e. The second-order valence-corrected chi connectivity index (χ2v) is 4.32. The fraction of sp³-hybridized carbons (Fsp3) is 0.538. The SMILES string of the molecule is CCC(C)CC(NN)c1ccccc1C. The van der Waals surface area contributed by atoms with Crippen LogP contribution < -0.4 is 11.3 Å². The summed E-state index contributed by atoms with van der Waals surface area (Å²) in [5.74, 6) is 6.33. The van der Waals surface area contributed by atoms with Crippen LogP contribution in [0.1, 0.15) is 43.9 Å². The van der Waals surface area contributed by atoms with Gasteiger partial charge >= 0.3 is 0 Å². The van der Waals surface area contributed by atoms with Gasteiger partial charge < -0.3 is 0 Å². The summed E-state index contributed by atoms with van der Waals surface area (Å²) in [5.41, 5.74) is 5.55. The highest BCUT2D eigenvalue weighted by atomic mass is 15.2. The number of benzene rings is 1. The van der Waals surface area contributed by atoms with Gasteiger partial charge in [0.2, 0.25) is 0 Å². The summed E-state index contributed by atoms with van der Waals surface area (Å²) >= 11 is 0. The zero-order valence-corrected chi connectivity index (χ0v) is 9.96. The number of nitrogens with two attached hydrogens (primary N) is 1. The maximum atomic E-state index is 5.63. The highest BCUT2D eigenvalue weighted by Crippen LogP contribution is 2.24. The lowest BCUT2D eigenvalue weighted by atomic mass is 9.92. The number of aryl methyl sites for hydroxylation is 1. The molecule has 0 saturated heterocycles. The topological polar surface area (TPSA) is 38.0 Å². The molecule has 0 radical (unpaired) electrons. The van der Waals surface area contributed by atoms with Gasteiger partial charge in [-0.2, -0.15) is 0 Å². The van der Waals surface area contributed by atoms with Gasteiger partial charge in [0.15, 0.2) is 0 Å². The number of hydrogen-bond donors (Lipinski definition) is 2. The van der Waals surface area contributed by atoms with Gasteiger partial charge in [-0.1, -0.05) is 44.5 Å². The Balaban J connectivity index is 2.78. The van der Waals surface area contributed by atoms with Crippen LogP contribution in [0, 0.1) is 12.8 Å². The van der Waals surface area contributed by atoms with Crippen LogP contribution in [-0.4, -0.2) is 0 Å². The molecule has 2 nitrogen and oxygen atoms in total. The van der Waals surface area contributed by atoms with Gasteiger partial charge in [-0.15, -0.1) is 0 Å². The molecule has 1 aromatic rings. The van der Waals surface area contributed by atoms with Crippen molar-refractivity contribution in [3.05, 3.63) is 35.4 Å². The van der Waals surface area contributed by atoms with Gasteiger partial charge in [0, 0.05) is 6.04 Å². The van der Waals surface area contributed by atoms with Crippen LogP contribution in [0.15, 0.2) is 24.3 Å². The first kappa shape index (κ1) is 12.2. The van der Waals surface area contributed by atoms with Crippen LogP contribution >= 0.6 is 0 Å². The normalized spacial score (nSPS) is 14.9. The van der Waals surface area contributed by atoms with Crippen molar-refractivity contribution in [1.29, 1.82) is 0 Å². The number of rotatable bonds is 5. The summed E-state index contributed by atoms with van der Waals surface area (Å²) in [6.07, 6.45) is 2.29. The third-order valence-corrected chi connectivity index (χ3v) is 3.10. The molecule has 84 valence electrons. The van der Waals surface area contributed by atoms with E-state index in [2.05, 4.69) is 50.5 Å². The molecule has 0 amide bonds. The molecule has 15 heavy (non-hydrogen) atoms. The molecule has 2 atom stereocenters. The minimum absolute atomic E-state index is 0.279. The lowest BCUT2D eigenvalue weighted by Crippen LogP contribution is -2.29. The van der Waals surface area contributed by atoms with E-state index in [-0.39, 0.29) is 6.04 Å². The molecule has 0 aliphatic rings. The molecule has 1 rings (SSSR count). The average Bonchev–Trinajstić information content (AvgIpc) is 2.26. The Morgan fingerprint density at radius 2 is 2.00 bits per heavy atom. The van der Waals surface area contributed by atoms with Crippen LogP contribution in [0.25, 0.3) is 0 Å². The van der Waals surface area contributed by atoms with E-state index in [9.17, 15) is 0 Å². The summed E-state index contributed by atoms with van der Waals surface area (Å²) in [6, 6.07) is 8.71. The predicted octanol–water partition coefficient (Wildman–Crippen LogP) is 2.94. The van der Waals surface area contributed by atoms with Crippen molar-refractivity contribution >= 4 is 0 Å². The second kappa shape index (κ2) is 5.89. The molecule has 3 N–H and O–H groups in total. The van der Waals surface area contributed by atoms with Crippen molar-refractivity contribution in [1.82, 2.24) is 5.43 Å². The van der Waals surface area contributed by atoms with E-state index in [1.807, 2.05) is 0 Å². The Morgan fingerprint density at radius 3 is 2.53 bits per heavy atom. The summed E-state index contributed by atoms with van der Waals surface area (Å²) in [6.45, 7) is 6.62. The fourth-order valence-electron chi connectivity index (χ4n) is 1.83. The van der Waals surface area contributed by atoms with Gasteiger partial charge in [-0.25, -0.2) is 0 Å². The second-order valence-electron chi connectivity index (χ2n) is 4.32. The Bertz CT molecular complexity index is 296. The molecular weight excluding hydrogens is 184 g/mol. The summed E-state index contributed by atoms with van der Waals surface area (Å²) in [7, 11) is 0. The van der Waals surface area contributed by atoms with Crippen molar-refractivity contribution in [3.8, 4) is 0 Å². The minimum atomic E-state index is 0.279. The van der Waals surface area contributed by atoms with E-state index in [0.29, 0.717) is 5.92 Å². The molecule has 1 aromatic carbocycles. The maximum absolute atomic E-state index is 5.63. The van der Waals surface area contributed by atoms with Crippen molar-refractivity contribution in [2.75, 3.05) is 0 Å². The molecule has 0 heterocycles. The van der Waals surface area contributed by atoms with E-state index in [1.54, 1.807) is 0 Å². The van der Waals surface area contributed by atoms with E-state index in [0.717, 1.165) is 6.42 Å². The number of hydrazine groups is 1. The van der Waals surface area contributed by atoms with Crippen LogP contribution in [0.4, 0.5) is 0 Å².